The predicted molar refractivity (Wildman–Crippen MR) is 105 cm³/mol. The van der Waals surface area contributed by atoms with E-state index >= 15 is 0 Å². The Kier molecular flexibility index (Phi) is 5.48. The van der Waals surface area contributed by atoms with Crippen LogP contribution in [0.15, 0.2) is 6.07 Å². The minimum Gasteiger partial charge on any atom is -0.354 e. The van der Waals surface area contributed by atoms with Crippen molar-refractivity contribution in [3.05, 3.63) is 23.0 Å². The van der Waals surface area contributed by atoms with Gasteiger partial charge in [-0.15, -0.1) is 0 Å². The molecule has 0 saturated carbocycles. The average molecular weight is 371 g/mol. The summed E-state index contributed by atoms with van der Waals surface area (Å²) in [6, 6.07) is 1.95. The van der Waals surface area contributed by atoms with E-state index in [2.05, 4.69) is 15.4 Å². The highest BCUT2D eigenvalue weighted by Crippen LogP contribution is 2.26. The number of fused-ring (bicyclic) bond motifs is 1. The number of carbonyl (C=O) groups is 2. The van der Waals surface area contributed by atoms with Gasteiger partial charge in [0.2, 0.25) is 5.91 Å². The Labute approximate surface area is 160 Å². The Morgan fingerprint density at radius 3 is 2.74 bits per heavy atom. The van der Waals surface area contributed by atoms with Crippen LogP contribution in [0.25, 0.3) is 11.0 Å². The molecule has 146 valence electrons. The van der Waals surface area contributed by atoms with Gasteiger partial charge in [0.05, 0.1) is 22.6 Å². The lowest BCUT2D eigenvalue weighted by molar-refractivity contribution is -0.126. The maximum Gasteiger partial charge on any atom is 0.254 e. The van der Waals surface area contributed by atoms with Crippen LogP contribution in [0.5, 0.6) is 0 Å². The van der Waals surface area contributed by atoms with Crippen molar-refractivity contribution in [3.63, 3.8) is 0 Å². The number of rotatable bonds is 4. The molecule has 1 unspecified atom stereocenters. The highest BCUT2D eigenvalue weighted by molar-refractivity contribution is 6.06. The summed E-state index contributed by atoms with van der Waals surface area (Å²) in [5.41, 5.74) is 3.00. The summed E-state index contributed by atoms with van der Waals surface area (Å²) in [6.07, 6.45) is 1.66. The van der Waals surface area contributed by atoms with Gasteiger partial charge in [0.25, 0.3) is 5.91 Å². The number of hydrogen-bond acceptors (Lipinski definition) is 4. The normalized spacial score (nSPS) is 17.6. The van der Waals surface area contributed by atoms with E-state index < -0.39 is 0 Å². The van der Waals surface area contributed by atoms with E-state index in [1.807, 2.05) is 50.3 Å². The number of aryl methyl sites for hydroxylation is 3. The van der Waals surface area contributed by atoms with E-state index in [9.17, 15) is 9.59 Å². The zero-order valence-electron chi connectivity index (χ0n) is 16.9. The highest BCUT2D eigenvalue weighted by atomic mass is 16.2. The van der Waals surface area contributed by atoms with Crippen molar-refractivity contribution in [3.8, 4) is 0 Å². The Balaban J connectivity index is 1.91. The quantitative estimate of drug-likeness (QED) is 0.895. The largest absolute Gasteiger partial charge is 0.354 e. The standard InChI is InChI=1S/C20H29N5O2/c1-6-25-18-17(14(5)23-25)16(10-13(4)22-18)20(27)24-9-7-8-15(11-24)19(26)21-12(2)3/h10,12,15H,6-9,11H2,1-5H3,(H,21,26). The molecule has 1 N–H and O–H groups in total. The first kappa shape index (κ1) is 19.3. The van der Waals surface area contributed by atoms with Gasteiger partial charge in [0.15, 0.2) is 5.65 Å². The molecule has 3 rings (SSSR count). The van der Waals surface area contributed by atoms with E-state index in [0.29, 0.717) is 25.2 Å². The Bertz CT molecular complexity index is 871. The number of nitrogens with one attached hydrogen (secondary N) is 1. The van der Waals surface area contributed by atoms with Crippen molar-refractivity contribution in [2.45, 2.75) is 60.0 Å². The zero-order chi connectivity index (χ0) is 19.7. The number of nitrogens with zero attached hydrogens (tertiary/aromatic N) is 4. The Morgan fingerprint density at radius 2 is 2.07 bits per heavy atom. The second-order valence-electron chi connectivity index (χ2n) is 7.66. The van der Waals surface area contributed by atoms with Crippen molar-refractivity contribution >= 4 is 22.8 Å². The molecule has 1 atom stereocenters. The molecule has 0 radical (unpaired) electrons. The molecule has 1 aliphatic rings. The lowest BCUT2D eigenvalue weighted by Gasteiger charge is -2.32. The van der Waals surface area contributed by atoms with E-state index in [1.165, 1.54) is 0 Å². The molecule has 0 spiro atoms. The molecule has 0 aromatic carbocycles. The van der Waals surface area contributed by atoms with Gasteiger partial charge in [-0.3, -0.25) is 9.59 Å². The minimum atomic E-state index is -0.150. The minimum absolute atomic E-state index is 0.0357. The van der Waals surface area contributed by atoms with Crippen molar-refractivity contribution in [1.82, 2.24) is 25.0 Å². The number of carbonyl (C=O) groups excluding carboxylic acids is 2. The van der Waals surface area contributed by atoms with Gasteiger partial charge in [-0.25, -0.2) is 9.67 Å². The first-order valence-corrected chi connectivity index (χ1v) is 9.76. The van der Waals surface area contributed by atoms with Gasteiger partial charge >= 0.3 is 0 Å². The fraction of sp³-hybridized carbons (Fsp3) is 0.600. The summed E-state index contributed by atoms with van der Waals surface area (Å²) < 4.78 is 1.84. The van der Waals surface area contributed by atoms with Crippen LogP contribution in [0.2, 0.25) is 0 Å². The summed E-state index contributed by atoms with van der Waals surface area (Å²) in [4.78, 5) is 32.1. The molecule has 2 aromatic rings. The zero-order valence-corrected chi connectivity index (χ0v) is 16.9. The van der Waals surface area contributed by atoms with Crippen LogP contribution in [-0.4, -0.2) is 50.6 Å². The van der Waals surface area contributed by atoms with E-state index in [1.54, 1.807) is 0 Å². The first-order valence-electron chi connectivity index (χ1n) is 9.76. The smallest absolute Gasteiger partial charge is 0.254 e. The van der Waals surface area contributed by atoms with Crippen molar-refractivity contribution in [2.75, 3.05) is 13.1 Å². The molecule has 1 fully saturated rings. The van der Waals surface area contributed by atoms with Crippen LogP contribution in [-0.2, 0) is 11.3 Å². The van der Waals surface area contributed by atoms with Crippen molar-refractivity contribution in [1.29, 1.82) is 0 Å². The fourth-order valence-corrected chi connectivity index (χ4v) is 3.82. The second-order valence-corrected chi connectivity index (χ2v) is 7.66. The van der Waals surface area contributed by atoms with Crippen LogP contribution in [0.3, 0.4) is 0 Å². The van der Waals surface area contributed by atoms with Crippen LogP contribution in [0, 0.1) is 19.8 Å². The third-order valence-corrected chi connectivity index (χ3v) is 5.05. The van der Waals surface area contributed by atoms with Gasteiger partial charge in [0, 0.05) is 31.4 Å². The van der Waals surface area contributed by atoms with Gasteiger partial charge in [-0.1, -0.05) is 0 Å². The molecule has 2 aromatic heterocycles. The van der Waals surface area contributed by atoms with Crippen LogP contribution < -0.4 is 5.32 Å². The monoisotopic (exact) mass is 371 g/mol. The summed E-state index contributed by atoms with van der Waals surface area (Å²) in [5, 5.41) is 8.32. The van der Waals surface area contributed by atoms with E-state index in [4.69, 9.17) is 0 Å². The molecule has 7 heteroatoms. The van der Waals surface area contributed by atoms with Crippen molar-refractivity contribution < 1.29 is 9.59 Å². The maximum atomic E-state index is 13.3. The third-order valence-electron chi connectivity index (χ3n) is 5.05. The molecule has 7 nitrogen and oxygen atoms in total. The molecule has 1 aliphatic heterocycles. The lowest BCUT2D eigenvalue weighted by atomic mass is 9.96. The summed E-state index contributed by atoms with van der Waals surface area (Å²) in [5.74, 6) is -0.150. The van der Waals surface area contributed by atoms with Gasteiger partial charge < -0.3 is 10.2 Å². The molecule has 2 amide bonds. The summed E-state index contributed by atoms with van der Waals surface area (Å²) in [7, 11) is 0. The second kappa shape index (κ2) is 7.66. The van der Waals surface area contributed by atoms with Gasteiger partial charge in [-0.2, -0.15) is 5.10 Å². The third kappa shape index (κ3) is 3.82. The predicted octanol–water partition coefficient (Wildman–Crippen LogP) is 2.44. The van der Waals surface area contributed by atoms with Gasteiger partial charge in [0.1, 0.15) is 0 Å². The Hall–Kier alpha value is -2.44. The number of hydrogen-bond donors (Lipinski definition) is 1. The maximum absolute atomic E-state index is 13.3. The fourth-order valence-electron chi connectivity index (χ4n) is 3.82. The number of likely N-dealkylation sites (tertiary alicyclic amines) is 1. The van der Waals surface area contributed by atoms with Crippen molar-refractivity contribution in [2.24, 2.45) is 5.92 Å². The molecule has 3 heterocycles. The highest BCUT2D eigenvalue weighted by Gasteiger charge is 2.30. The molecule has 0 aliphatic carbocycles. The number of aromatic nitrogens is 3. The molecule has 27 heavy (non-hydrogen) atoms. The van der Waals surface area contributed by atoms with Gasteiger partial charge in [-0.05, 0) is 53.5 Å². The Morgan fingerprint density at radius 1 is 1.33 bits per heavy atom. The summed E-state index contributed by atoms with van der Waals surface area (Å²) in [6.45, 7) is 11.6. The molecule has 0 bridgehead atoms. The number of piperidine rings is 1. The number of pyridine rings is 1. The van der Waals surface area contributed by atoms with E-state index in [-0.39, 0.29) is 23.8 Å². The molecule has 1 saturated heterocycles. The molecular weight excluding hydrogens is 342 g/mol. The first-order chi connectivity index (χ1) is 12.8. The van der Waals surface area contributed by atoms with Crippen LogP contribution in [0.4, 0.5) is 0 Å². The van der Waals surface area contributed by atoms with Crippen LogP contribution >= 0.6 is 0 Å². The molecular formula is C20H29N5O2. The summed E-state index contributed by atoms with van der Waals surface area (Å²) >= 11 is 0. The lowest BCUT2D eigenvalue weighted by Crippen LogP contribution is -2.46. The average Bonchev–Trinajstić information content (AvgIpc) is 2.95. The van der Waals surface area contributed by atoms with Crippen LogP contribution in [0.1, 0.15) is 55.4 Å². The number of amides is 2. The SMILES string of the molecule is CCn1nc(C)c2c(C(=O)N3CCCC(C(=O)NC(C)C)C3)cc(C)nc21. The topological polar surface area (TPSA) is 80.1 Å². The van der Waals surface area contributed by atoms with E-state index in [0.717, 1.165) is 35.3 Å².